The second-order valence-electron chi connectivity index (χ2n) is 25.9. The average Bonchev–Trinajstić information content (AvgIpc) is 0.777. The Morgan fingerprint density at radius 1 is 0.274 bits per heavy atom. The number of nitrogens with one attached hydrogen (secondary N) is 5. The fourth-order valence-electron chi connectivity index (χ4n) is 10.4. The zero-order valence-corrected chi connectivity index (χ0v) is 62.5. The van der Waals surface area contributed by atoms with E-state index in [1.54, 1.807) is 0 Å². The number of aliphatic carboxylic acids is 9. The molecule has 41 heteroatoms. The van der Waals surface area contributed by atoms with Crippen LogP contribution in [-0.2, 0) is 131 Å². The van der Waals surface area contributed by atoms with Crippen LogP contribution in [0.15, 0.2) is 54.6 Å². The number of carboxylic acids is 9. The molecule has 632 valence electrons. The van der Waals surface area contributed by atoms with Crippen LogP contribution in [0, 0.1) is 0 Å². The van der Waals surface area contributed by atoms with Crippen molar-refractivity contribution in [2.45, 2.75) is 119 Å². The summed E-state index contributed by atoms with van der Waals surface area (Å²) in [6, 6.07) is 17.1. The highest BCUT2D eigenvalue weighted by atomic mass is 16.6. The Bertz CT molecular complexity index is 3070. The van der Waals surface area contributed by atoms with Crippen molar-refractivity contribution in [3.05, 3.63) is 60.2 Å². The van der Waals surface area contributed by atoms with E-state index in [0.717, 1.165) is 27.1 Å². The van der Waals surface area contributed by atoms with Crippen LogP contribution in [0.2, 0.25) is 0 Å². The van der Waals surface area contributed by atoms with E-state index in [2.05, 4.69) is 26.6 Å². The van der Waals surface area contributed by atoms with E-state index in [1.807, 2.05) is 54.6 Å². The van der Waals surface area contributed by atoms with Crippen LogP contribution in [0.25, 0.3) is 21.5 Å². The fourth-order valence-corrected chi connectivity index (χ4v) is 10.4. The molecule has 0 aliphatic carbocycles. The number of carbonyl (C=O) groups is 14. The summed E-state index contributed by atoms with van der Waals surface area (Å²) in [6.07, 6.45) is -7.41. The van der Waals surface area contributed by atoms with E-state index >= 15 is 0 Å². The molecule has 0 unspecified atom stereocenters. The predicted molar refractivity (Wildman–Crippen MR) is 386 cm³/mol. The first kappa shape index (κ1) is 97.3. The molecule has 0 aromatic heterocycles. The zero-order valence-electron chi connectivity index (χ0n) is 62.5. The molecule has 0 atom stereocenters. The third-order valence-electron chi connectivity index (χ3n) is 15.8. The highest BCUT2D eigenvalue weighted by Crippen LogP contribution is 2.29. The molecule has 3 aromatic rings. The quantitative estimate of drug-likeness (QED) is 0.0277. The number of ether oxygens (including phenoxy) is 13. The van der Waals surface area contributed by atoms with Gasteiger partial charge < -0.3 is 134 Å². The minimum Gasteiger partial charge on any atom is -0.481 e. The van der Waals surface area contributed by atoms with Gasteiger partial charge in [-0.05, 0) is 34.0 Å². The molecule has 0 aliphatic rings. The van der Waals surface area contributed by atoms with Gasteiger partial charge in [0.2, 0.25) is 23.6 Å². The number of fused-ring (bicyclic) bond motifs is 2. The van der Waals surface area contributed by atoms with E-state index < -0.39 is 341 Å². The standard InChI is InChI=1S/C72H103N5O36/c78-55(10-5-23-73-68(100)113-37-54-52-8-3-1-6-50(52)36-51-7-2-4-9-53(51)54)74-69(38-101-24-11-56(79)75-70(41-104-27-14-59(82)83,42-105-28-15-60(84)85)43-106-29-16-61(86)87,39-102-25-12-57(80)76-71(44-107-30-17-62(88)89,45-108-31-18-63(90)91)46-109-32-19-64(92)93)40-103-26-13-58(81)77-72(47-110-33-20-65(94)95,48-111-34-21-66(96)97)49-112-35-22-67(98)99/h1-4,6-9,36H,5,10-35,37-49H2,(H,73,100)(H,74,78)(H,75,79)(H,76,80)(H,77,81)(H,82,83)(H,84,85)(H,86,87)(H,88,89)(H,90,91)(H,92,93)(H,94,95)(H,96,97)(H,98,99). The first-order chi connectivity index (χ1) is 53.9. The van der Waals surface area contributed by atoms with Crippen molar-refractivity contribution < 1.29 is 175 Å². The van der Waals surface area contributed by atoms with Crippen LogP contribution < -0.4 is 26.6 Å². The second-order valence-corrected chi connectivity index (χ2v) is 25.9. The molecule has 0 saturated heterocycles. The second kappa shape index (κ2) is 54.7. The molecule has 0 radical (unpaired) electrons. The molecular weight excluding hydrogens is 1510 g/mol. The van der Waals surface area contributed by atoms with Crippen molar-refractivity contribution in [3.63, 3.8) is 0 Å². The van der Waals surface area contributed by atoms with Gasteiger partial charge in [0.1, 0.15) is 28.8 Å². The number of carboxylic acid groups (broad SMARTS) is 9. The molecule has 3 aromatic carbocycles. The van der Waals surface area contributed by atoms with Crippen molar-refractivity contribution in [2.24, 2.45) is 0 Å². The molecule has 0 aliphatic heterocycles. The van der Waals surface area contributed by atoms with Crippen molar-refractivity contribution >= 4 is 105 Å². The summed E-state index contributed by atoms with van der Waals surface area (Å²) in [7, 11) is 0. The first-order valence-corrected chi connectivity index (χ1v) is 35.8. The number of carbonyl (C=O) groups excluding carboxylic acids is 5. The maximum Gasteiger partial charge on any atom is 0.407 e. The van der Waals surface area contributed by atoms with Gasteiger partial charge in [-0.2, -0.15) is 0 Å². The van der Waals surface area contributed by atoms with Gasteiger partial charge in [0.15, 0.2) is 0 Å². The van der Waals surface area contributed by atoms with Crippen LogP contribution in [0.5, 0.6) is 0 Å². The van der Waals surface area contributed by atoms with Crippen LogP contribution in [0.1, 0.15) is 95.5 Å². The summed E-state index contributed by atoms with van der Waals surface area (Å²) in [6.45, 7) is -12.1. The number of hydrogen-bond acceptors (Lipinski definition) is 27. The van der Waals surface area contributed by atoms with Crippen LogP contribution in [0.4, 0.5) is 4.79 Å². The molecule has 3 rings (SSSR count). The van der Waals surface area contributed by atoms with Crippen LogP contribution in [0.3, 0.4) is 0 Å². The Morgan fingerprint density at radius 3 is 0.699 bits per heavy atom. The lowest BCUT2D eigenvalue weighted by atomic mass is 9.97. The third-order valence-corrected chi connectivity index (χ3v) is 15.8. The van der Waals surface area contributed by atoms with Gasteiger partial charge in [-0.3, -0.25) is 62.3 Å². The lowest BCUT2D eigenvalue weighted by Gasteiger charge is -2.35. The minimum atomic E-state index is -1.93. The van der Waals surface area contributed by atoms with Gasteiger partial charge in [-0.1, -0.05) is 48.5 Å². The molecule has 41 nitrogen and oxygen atoms in total. The number of benzene rings is 3. The molecular formula is C72H103N5O36. The zero-order chi connectivity index (χ0) is 83.3. The number of rotatable bonds is 70. The summed E-state index contributed by atoms with van der Waals surface area (Å²) in [5.74, 6) is -14.5. The highest BCUT2D eigenvalue weighted by Gasteiger charge is 2.39. The SMILES string of the molecule is O=C(O)CCOCC(COCCC(=O)O)(COCCC(=O)O)NC(=O)CCOCC(COCCC(=O)NC(COCCC(=O)O)(COCCC(=O)O)COCCC(=O)O)(COCCC(=O)NC(COCCC(=O)O)(COCCC(=O)O)COCCC(=O)O)NC(=O)CCCNC(=O)OCc1c2ccccc2cc2ccccc12. The van der Waals surface area contributed by atoms with Gasteiger partial charge in [-0.25, -0.2) is 4.79 Å². The Hall–Kier alpha value is -9.92. The number of hydrogen-bond donors (Lipinski definition) is 14. The minimum absolute atomic E-state index is 0.0528. The molecule has 113 heavy (non-hydrogen) atoms. The summed E-state index contributed by atoms with van der Waals surface area (Å²) in [4.78, 5) is 173. The summed E-state index contributed by atoms with van der Waals surface area (Å²) < 4.78 is 74.5. The molecule has 5 amide bonds. The van der Waals surface area contributed by atoms with Gasteiger partial charge in [0, 0.05) is 37.8 Å². The van der Waals surface area contributed by atoms with Gasteiger partial charge >= 0.3 is 59.8 Å². The normalized spacial score (nSPS) is 11.7. The van der Waals surface area contributed by atoms with Crippen molar-refractivity contribution in [1.29, 1.82) is 0 Å². The van der Waals surface area contributed by atoms with E-state index in [9.17, 15) is 113 Å². The molecule has 0 spiro atoms. The smallest absolute Gasteiger partial charge is 0.407 e. The largest absolute Gasteiger partial charge is 0.481 e. The highest BCUT2D eigenvalue weighted by molar-refractivity contribution is 6.02. The molecule has 0 saturated carbocycles. The van der Waals surface area contributed by atoms with Crippen molar-refractivity contribution in [3.8, 4) is 0 Å². The summed E-state index contributed by atoms with van der Waals surface area (Å²) in [5, 5.41) is 101. The fraction of sp³-hybridized carbons (Fsp3) is 0.611. The maximum absolute atomic E-state index is 14.5. The monoisotopic (exact) mass is 1610 g/mol. The van der Waals surface area contributed by atoms with Gasteiger partial charge in [0.05, 0.1) is 216 Å². The Labute approximate surface area is 648 Å². The number of amides is 5. The van der Waals surface area contributed by atoms with Crippen molar-refractivity contribution in [2.75, 3.05) is 165 Å². The number of alkyl carbamates (subject to hydrolysis) is 1. The third kappa shape index (κ3) is 44.2. The van der Waals surface area contributed by atoms with E-state index in [4.69, 9.17) is 61.6 Å². The van der Waals surface area contributed by atoms with E-state index in [-0.39, 0.29) is 26.0 Å². The Kier molecular flexibility index (Phi) is 47.1. The Balaban J connectivity index is 2.12. The van der Waals surface area contributed by atoms with Gasteiger partial charge in [0.25, 0.3) is 0 Å². The average molecular weight is 1610 g/mol. The maximum atomic E-state index is 14.5. The van der Waals surface area contributed by atoms with E-state index in [0.29, 0.717) is 0 Å². The van der Waals surface area contributed by atoms with Crippen LogP contribution in [-0.4, -0.2) is 317 Å². The van der Waals surface area contributed by atoms with Gasteiger partial charge in [-0.15, -0.1) is 0 Å². The predicted octanol–water partition coefficient (Wildman–Crippen LogP) is 1.06. The molecule has 0 heterocycles. The summed E-state index contributed by atoms with van der Waals surface area (Å²) in [5.41, 5.74) is -6.39. The topological polar surface area (TPSA) is 601 Å². The van der Waals surface area contributed by atoms with Crippen LogP contribution >= 0.6 is 0 Å². The molecule has 0 bridgehead atoms. The van der Waals surface area contributed by atoms with Crippen molar-refractivity contribution in [1.82, 2.24) is 26.6 Å². The Morgan fingerprint density at radius 2 is 0.478 bits per heavy atom. The first-order valence-electron chi connectivity index (χ1n) is 35.8. The lowest BCUT2D eigenvalue weighted by molar-refractivity contribution is -0.142. The van der Waals surface area contributed by atoms with E-state index in [1.165, 1.54) is 0 Å². The molecule has 0 fully saturated rings. The summed E-state index contributed by atoms with van der Waals surface area (Å²) >= 11 is 0. The lowest BCUT2D eigenvalue weighted by Crippen LogP contribution is -2.60. The molecule has 14 N–H and O–H groups in total.